The molecule has 0 aromatic rings. The van der Waals surface area contributed by atoms with E-state index in [2.05, 4.69) is 45.1 Å². The molecule has 6 heteroatoms. The highest BCUT2D eigenvalue weighted by Gasteiger charge is 2.19. The fourth-order valence-electron chi connectivity index (χ4n) is 8.22. The van der Waals surface area contributed by atoms with Crippen molar-refractivity contribution in [3.63, 3.8) is 0 Å². The monoisotopic (exact) mass is 949 g/mol. The summed E-state index contributed by atoms with van der Waals surface area (Å²) in [6.07, 6.45) is 71.8. The molecule has 0 aromatic heterocycles. The Hall–Kier alpha value is -3.15. The number of rotatable bonds is 52. The summed E-state index contributed by atoms with van der Waals surface area (Å²) in [7, 11) is 0. The van der Waals surface area contributed by atoms with E-state index in [-0.39, 0.29) is 31.1 Å². The van der Waals surface area contributed by atoms with Crippen molar-refractivity contribution in [2.24, 2.45) is 0 Å². The second-order valence-electron chi connectivity index (χ2n) is 19.3. The van der Waals surface area contributed by atoms with Crippen molar-refractivity contribution in [2.75, 3.05) is 13.2 Å². The van der Waals surface area contributed by atoms with Crippen LogP contribution in [-0.4, -0.2) is 37.2 Å². The maximum atomic E-state index is 12.8. The van der Waals surface area contributed by atoms with Crippen LogP contribution in [-0.2, 0) is 28.6 Å². The van der Waals surface area contributed by atoms with Crippen LogP contribution in [0.2, 0.25) is 0 Å². The van der Waals surface area contributed by atoms with Crippen LogP contribution in [0.1, 0.15) is 284 Å². The van der Waals surface area contributed by atoms with E-state index in [4.69, 9.17) is 14.2 Å². The molecule has 0 rings (SSSR count). The van der Waals surface area contributed by atoms with Crippen molar-refractivity contribution in [1.82, 2.24) is 0 Å². The number of hydrogen-bond acceptors (Lipinski definition) is 6. The van der Waals surface area contributed by atoms with E-state index in [1.165, 1.54) is 161 Å². The van der Waals surface area contributed by atoms with Crippen LogP contribution in [0.3, 0.4) is 0 Å². The number of hydrogen-bond donors (Lipinski definition) is 0. The van der Waals surface area contributed by atoms with E-state index in [0.717, 1.165) is 83.5 Å². The molecule has 0 radical (unpaired) electrons. The second kappa shape index (κ2) is 56.4. The molecule has 0 saturated heterocycles. The van der Waals surface area contributed by atoms with E-state index in [1.807, 2.05) is 48.6 Å². The highest BCUT2D eigenvalue weighted by atomic mass is 16.6. The average Bonchev–Trinajstić information content (AvgIpc) is 3.34. The molecule has 0 spiro atoms. The number of carbonyl (C=O) groups is 3. The highest BCUT2D eigenvalue weighted by molar-refractivity contribution is 5.71. The molecule has 1 atom stereocenters. The minimum Gasteiger partial charge on any atom is -0.462 e. The van der Waals surface area contributed by atoms with Crippen molar-refractivity contribution in [3.05, 3.63) is 72.9 Å². The molecular weight excluding hydrogens is 841 g/mol. The summed E-state index contributed by atoms with van der Waals surface area (Å²) >= 11 is 0. The Morgan fingerprint density at radius 3 is 0.956 bits per heavy atom. The first-order chi connectivity index (χ1) is 33.5. The first-order valence-corrected chi connectivity index (χ1v) is 29.0. The molecule has 0 bridgehead atoms. The molecule has 0 aliphatic heterocycles. The van der Waals surface area contributed by atoms with Crippen LogP contribution >= 0.6 is 0 Å². The molecule has 0 aromatic carbocycles. The van der Waals surface area contributed by atoms with Gasteiger partial charge in [-0.15, -0.1) is 0 Å². The predicted octanol–water partition coefficient (Wildman–Crippen LogP) is 19.4. The number of allylic oxidation sites excluding steroid dienone is 12. The molecule has 0 N–H and O–H groups in total. The molecule has 0 fully saturated rings. The number of unbranched alkanes of at least 4 members (excludes halogenated alkanes) is 33. The normalized spacial score (nSPS) is 12.6. The minimum absolute atomic E-state index is 0.0902. The van der Waals surface area contributed by atoms with Gasteiger partial charge in [0.05, 0.1) is 0 Å². The number of ether oxygens (including phenoxy) is 3. The summed E-state index contributed by atoms with van der Waals surface area (Å²) in [6, 6.07) is 0. The van der Waals surface area contributed by atoms with Crippen LogP contribution in [0.5, 0.6) is 0 Å². The van der Waals surface area contributed by atoms with Crippen molar-refractivity contribution in [3.8, 4) is 0 Å². The topological polar surface area (TPSA) is 78.9 Å². The fraction of sp³-hybridized carbons (Fsp3) is 0.758. The minimum atomic E-state index is -0.796. The summed E-state index contributed by atoms with van der Waals surface area (Å²) < 4.78 is 16.8. The zero-order valence-corrected chi connectivity index (χ0v) is 44.9. The van der Waals surface area contributed by atoms with Crippen LogP contribution in [0.15, 0.2) is 72.9 Å². The van der Waals surface area contributed by atoms with Gasteiger partial charge in [0, 0.05) is 19.3 Å². The Balaban J connectivity index is 4.41. The Labute approximate surface area is 421 Å². The van der Waals surface area contributed by atoms with Gasteiger partial charge in [-0.3, -0.25) is 14.4 Å². The highest BCUT2D eigenvalue weighted by Crippen LogP contribution is 2.16. The van der Waals surface area contributed by atoms with Gasteiger partial charge in [0.15, 0.2) is 6.10 Å². The first-order valence-electron chi connectivity index (χ1n) is 29.0. The smallest absolute Gasteiger partial charge is 0.306 e. The van der Waals surface area contributed by atoms with Gasteiger partial charge in [-0.25, -0.2) is 0 Å². The molecule has 0 heterocycles. The SMILES string of the molecule is CC\C=C/C=C\C=C/C=C\C=C/CCCCCC(=O)OCC(COC(=O)CCCCCCCCCCCCCCCCCCCCC)OC(=O)CCCCCCC/C=C\CCCCCCCCC. The summed E-state index contributed by atoms with van der Waals surface area (Å²) in [6.45, 7) is 6.48. The zero-order chi connectivity index (χ0) is 49.3. The Morgan fingerprint density at radius 1 is 0.309 bits per heavy atom. The van der Waals surface area contributed by atoms with Gasteiger partial charge in [-0.05, 0) is 64.2 Å². The fourth-order valence-corrected chi connectivity index (χ4v) is 8.22. The summed E-state index contributed by atoms with van der Waals surface area (Å²) in [5.74, 6) is -0.931. The van der Waals surface area contributed by atoms with Gasteiger partial charge in [-0.2, -0.15) is 0 Å². The van der Waals surface area contributed by atoms with E-state index >= 15 is 0 Å². The summed E-state index contributed by atoms with van der Waals surface area (Å²) in [5.41, 5.74) is 0. The Morgan fingerprint density at radius 2 is 0.588 bits per heavy atom. The van der Waals surface area contributed by atoms with Crippen LogP contribution in [0, 0.1) is 0 Å². The average molecular weight is 950 g/mol. The first kappa shape index (κ1) is 64.8. The molecule has 0 saturated carbocycles. The van der Waals surface area contributed by atoms with E-state index in [9.17, 15) is 14.4 Å². The summed E-state index contributed by atoms with van der Waals surface area (Å²) in [4.78, 5) is 38.1. The third-order valence-corrected chi connectivity index (χ3v) is 12.6. The Kier molecular flexibility index (Phi) is 53.8. The summed E-state index contributed by atoms with van der Waals surface area (Å²) in [5, 5.41) is 0. The van der Waals surface area contributed by atoms with Crippen LogP contribution in [0.4, 0.5) is 0 Å². The van der Waals surface area contributed by atoms with Gasteiger partial charge in [0.1, 0.15) is 13.2 Å². The van der Waals surface area contributed by atoms with E-state index in [0.29, 0.717) is 19.3 Å². The molecule has 6 nitrogen and oxygen atoms in total. The van der Waals surface area contributed by atoms with E-state index < -0.39 is 6.10 Å². The van der Waals surface area contributed by atoms with Crippen LogP contribution < -0.4 is 0 Å². The lowest BCUT2D eigenvalue weighted by Crippen LogP contribution is -2.30. The lowest BCUT2D eigenvalue weighted by Gasteiger charge is -2.18. The molecule has 0 aliphatic carbocycles. The van der Waals surface area contributed by atoms with Crippen molar-refractivity contribution in [2.45, 2.75) is 290 Å². The Bertz CT molecular complexity index is 1270. The second-order valence-corrected chi connectivity index (χ2v) is 19.3. The van der Waals surface area contributed by atoms with Crippen LogP contribution in [0.25, 0.3) is 0 Å². The van der Waals surface area contributed by atoms with Crippen molar-refractivity contribution >= 4 is 17.9 Å². The van der Waals surface area contributed by atoms with Gasteiger partial charge < -0.3 is 14.2 Å². The maximum Gasteiger partial charge on any atom is 0.306 e. The predicted molar refractivity (Wildman–Crippen MR) is 293 cm³/mol. The molecule has 0 aliphatic rings. The van der Waals surface area contributed by atoms with E-state index in [1.54, 1.807) is 0 Å². The standard InChI is InChI=1S/C62H108O6/c1-4-7-10-13-16-19-22-25-28-30-31-32-35-37-40-43-46-49-52-55-61(64)67-58-59(57-66-60(63)54-51-48-45-42-39-36-33-27-24-21-18-15-12-9-6-3)68-62(65)56-53-50-47-44-41-38-34-29-26-23-20-17-14-11-8-5-2/h9,12,15,18,21,24,27,29,33-34,36,39,59H,4-8,10-11,13-14,16-17,19-20,22-23,25-26,28,30-32,35,37-38,40-58H2,1-3H3/b12-9-,18-15-,24-21-,33-27-,34-29-,39-36-. The maximum absolute atomic E-state index is 12.8. The third-order valence-electron chi connectivity index (χ3n) is 12.6. The van der Waals surface area contributed by atoms with Gasteiger partial charge in [-0.1, -0.05) is 273 Å². The molecule has 0 amide bonds. The number of carbonyl (C=O) groups excluding carboxylic acids is 3. The molecule has 392 valence electrons. The third kappa shape index (κ3) is 53.8. The van der Waals surface area contributed by atoms with Gasteiger partial charge in [0.25, 0.3) is 0 Å². The zero-order valence-electron chi connectivity index (χ0n) is 44.9. The number of esters is 3. The molecular formula is C62H108O6. The lowest BCUT2D eigenvalue weighted by atomic mass is 10.0. The largest absolute Gasteiger partial charge is 0.462 e. The molecule has 1 unspecified atom stereocenters. The molecule has 68 heavy (non-hydrogen) atoms. The van der Waals surface area contributed by atoms with Gasteiger partial charge >= 0.3 is 17.9 Å². The quantitative estimate of drug-likeness (QED) is 0.0199. The van der Waals surface area contributed by atoms with Crippen molar-refractivity contribution in [1.29, 1.82) is 0 Å². The van der Waals surface area contributed by atoms with Gasteiger partial charge in [0.2, 0.25) is 0 Å². The van der Waals surface area contributed by atoms with Crippen molar-refractivity contribution < 1.29 is 28.6 Å². The lowest BCUT2D eigenvalue weighted by molar-refractivity contribution is -0.167.